The summed E-state index contributed by atoms with van der Waals surface area (Å²) in [5, 5.41) is 1.09. The molecule has 0 atom stereocenters. The van der Waals surface area contributed by atoms with Gasteiger partial charge in [-0.2, -0.15) is 0 Å². The van der Waals surface area contributed by atoms with Gasteiger partial charge in [0.15, 0.2) is 0 Å². The zero-order chi connectivity index (χ0) is 17.4. The van der Waals surface area contributed by atoms with Crippen LogP contribution in [0.3, 0.4) is 0 Å². The molecule has 2 aromatic heterocycles. The molecule has 0 aliphatic heterocycles. The number of halogens is 2. The third kappa shape index (κ3) is 2.72. The minimum absolute atomic E-state index is 0.287. The zero-order valence-electron chi connectivity index (χ0n) is 13.3. The van der Waals surface area contributed by atoms with Gasteiger partial charge in [-0.3, -0.25) is 0 Å². The highest BCUT2D eigenvalue weighted by Crippen LogP contribution is 2.35. The molecule has 6 heteroatoms. The van der Waals surface area contributed by atoms with E-state index in [1.54, 1.807) is 19.2 Å². The summed E-state index contributed by atoms with van der Waals surface area (Å²) in [6.07, 6.45) is 3.36. The van der Waals surface area contributed by atoms with E-state index in [-0.39, 0.29) is 5.82 Å². The summed E-state index contributed by atoms with van der Waals surface area (Å²) in [5.74, 6) is 0.483. The molecule has 0 saturated carbocycles. The fourth-order valence-corrected chi connectivity index (χ4v) is 3.04. The molecular formula is C19H13ClFN3O. The maximum Gasteiger partial charge on any atom is 0.150 e. The van der Waals surface area contributed by atoms with Crippen molar-refractivity contribution in [2.45, 2.75) is 0 Å². The summed E-state index contributed by atoms with van der Waals surface area (Å²) in [6.45, 7) is 0. The Balaban J connectivity index is 1.96. The van der Waals surface area contributed by atoms with Crippen molar-refractivity contribution in [1.29, 1.82) is 0 Å². The summed E-state index contributed by atoms with van der Waals surface area (Å²) in [6, 6.07) is 13.9. The molecular weight excluding hydrogens is 341 g/mol. The lowest BCUT2D eigenvalue weighted by molar-refractivity contribution is 0.415. The van der Waals surface area contributed by atoms with Crippen molar-refractivity contribution in [3.8, 4) is 22.6 Å². The summed E-state index contributed by atoms with van der Waals surface area (Å²) in [5.41, 5.74) is 3.28. The van der Waals surface area contributed by atoms with Gasteiger partial charge in [-0.1, -0.05) is 23.7 Å². The summed E-state index contributed by atoms with van der Waals surface area (Å²) < 4.78 is 20.4. The SMILES string of the molecule is COc1ccc(-n2cc(-c3ccc(F)cc3)c3c(Cl)ncnc32)cc1. The summed E-state index contributed by atoms with van der Waals surface area (Å²) in [4.78, 5) is 8.48. The number of methoxy groups -OCH3 is 1. The first kappa shape index (κ1) is 15.6. The van der Waals surface area contributed by atoms with Crippen LogP contribution in [0.1, 0.15) is 0 Å². The number of hydrogen-bond acceptors (Lipinski definition) is 3. The van der Waals surface area contributed by atoms with Crippen LogP contribution >= 0.6 is 11.6 Å². The fourth-order valence-electron chi connectivity index (χ4n) is 2.81. The zero-order valence-corrected chi connectivity index (χ0v) is 14.0. The van der Waals surface area contributed by atoms with Gasteiger partial charge in [0.2, 0.25) is 0 Å². The smallest absolute Gasteiger partial charge is 0.150 e. The van der Waals surface area contributed by atoms with E-state index in [0.29, 0.717) is 10.8 Å². The number of benzene rings is 2. The van der Waals surface area contributed by atoms with E-state index in [1.165, 1.54) is 18.5 Å². The van der Waals surface area contributed by atoms with Crippen LogP contribution in [0.4, 0.5) is 4.39 Å². The number of nitrogens with zero attached hydrogens (tertiary/aromatic N) is 3. The second kappa shape index (κ2) is 6.18. The van der Waals surface area contributed by atoms with Crippen LogP contribution in [-0.2, 0) is 0 Å². The maximum absolute atomic E-state index is 13.3. The largest absolute Gasteiger partial charge is 0.497 e. The maximum atomic E-state index is 13.3. The lowest BCUT2D eigenvalue weighted by Crippen LogP contribution is -1.94. The molecule has 0 aliphatic carbocycles. The van der Waals surface area contributed by atoms with Crippen molar-refractivity contribution in [1.82, 2.24) is 14.5 Å². The van der Waals surface area contributed by atoms with Crippen LogP contribution in [0, 0.1) is 5.82 Å². The fraction of sp³-hybridized carbons (Fsp3) is 0.0526. The molecule has 0 aliphatic rings. The van der Waals surface area contributed by atoms with Crippen molar-refractivity contribution >= 4 is 22.6 Å². The van der Waals surface area contributed by atoms with E-state index >= 15 is 0 Å². The summed E-state index contributed by atoms with van der Waals surface area (Å²) in [7, 11) is 1.62. The van der Waals surface area contributed by atoms with Gasteiger partial charge >= 0.3 is 0 Å². The molecule has 2 aromatic carbocycles. The molecule has 4 rings (SSSR count). The van der Waals surface area contributed by atoms with Gasteiger partial charge in [0.05, 0.1) is 12.5 Å². The predicted octanol–water partition coefficient (Wildman–Crippen LogP) is 4.89. The first-order chi connectivity index (χ1) is 12.2. The highest BCUT2D eigenvalue weighted by molar-refractivity contribution is 6.35. The number of fused-ring (bicyclic) bond motifs is 1. The van der Waals surface area contributed by atoms with Crippen LogP contribution in [0.2, 0.25) is 5.15 Å². The first-order valence-corrected chi connectivity index (χ1v) is 7.97. The molecule has 0 spiro atoms. The molecule has 0 amide bonds. The minimum atomic E-state index is -0.287. The minimum Gasteiger partial charge on any atom is -0.497 e. The number of aromatic nitrogens is 3. The lowest BCUT2D eigenvalue weighted by Gasteiger charge is -2.05. The van der Waals surface area contributed by atoms with Crippen molar-refractivity contribution in [3.63, 3.8) is 0 Å². The highest BCUT2D eigenvalue weighted by Gasteiger charge is 2.16. The second-order valence-corrected chi connectivity index (χ2v) is 5.84. The Morgan fingerprint density at radius 3 is 2.40 bits per heavy atom. The van der Waals surface area contributed by atoms with Gasteiger partial charge < -0.3 is 9.30 Å². The molecule has 0 fully saturated rings. The molecule has 4 aromatic rings. The van der Waals surface area contributed by atoms with Crippen LogP contribution < -0.4 is 4.74 Å². The van der Waals surface area contributed by atoms with Gasteiger partial charge in [-0.25, -0.2) is 14.4 Å². The molecule has 2 heterocycles. The second-order valence-electron chi connectivity index (χ2n) is 5.48. The Morgan fingerprint density at radius 1 is 1.00 bits per heavy atom. The van der Waals surface area contributed by atoms with Crippen LogP contribution in [0.5, 0.6) is 5.75 Å². The topological polar surface area (TPSA) is 39.9 Å². The van der Waals surface area contributed by atoms with Crippen molar-refractivity contribution in [2.24, 2.45) is 0 Å². The van der Waals surface area contributed by atoms with Gasteiger partial charge in [-0.15, -0.1) is 0 Å². The van der Waals surface area contributed by atoms with Crippen LogP contribution in [0.25, 0.3) is 27.8 Å². The van der Waals surface area contributed by atoms with Crippen LogP contribution in [0.15, 0.2) is 61.1 Å². The molecule has 25 heavy (non-hydrogen) atoms. The van der Waals surface area contributed by atoms with E-state index in [4.69, 9.17) is 16.3 Å². The molecule has 4 nitrogen and oxygen atoms in total. The molecule has 0 bridgehead atoms. The standard InChI is InChI=1S/C19H13ClFN3O/c1-25-15-8-6-14(7-9-15)24-10-16(12-2-4-13(21)5-3-12)17-18(20)22-11-23-19(17)24/h2-11H,1H3. The number of hydrogen-bond donors (Lipinski definition) is 0. The number of ether oxygens (including phenoxy) is 1. The average molecular weight is 354 g/mol. The van der Waals surface area contributed by atoms with Gasteiger partial charge in [0, 0.05) is 17.4 Å². The monoisotopic (exact) mass is 353 g/mol. The van der Waals surface area contributed by atoms with Crippen molar-refractivity contribution < 1.29 is 9.13 Å². The van der Waals surface area contributed by atoms with E-state index in [2.05, 4.69) is 9.97 Å². The molecule has 0 N–H and O–H groups in total. The van der Waals surface area contributed by atoms with Gasteiger partial charge in [-0.05, 0) is 42.0 Å². The number of rotatable bonds is 3. The predicted molar refractivity (Wildman–Crippen MR) is 95.8 cm³/mol. The third-order valence-corrected chi connectivity index (χ3v) is 4.33. The summed E-state index contributed by atoms with van der Waals surface area (Å²) >= 11 is 6.33. The van der Waals surface area contributed by atoms with Crippen molar-refractivity contribution in [2.75, 3.05) is 7.11 Å². The van der Waals surface area contributed by atoms with E-state index < -0.39 is 0 Å². The Labute approximate surface area is 148 Å². The van der Waals surface area contributed by atoms with Crippen LogP contribution in [-0.4, -0.2) is 21.6 Å². The third-order valence-electron chi connectivity index (χ3n) is 4.04. The Bertz CT molecular complexity index is 1040. The molecule has 0 radical (unpaired) electrons. The lowest BCUT2D eigenvalue weighted by atomic mass is 10.1. The van der Waals surface area contributed by atoms with Gasteiger partial charge in [0.1, 0.15) is 28.7 Å². The molecule has 0 unspecified atom stereocenters. The molecule has 124 valence electrons. The average Bonchev–Trinajstić information content (AvgIpc) is 3.03. The molecule has 0 saturated heterocycles. The quantitative estimate of drug-likeness (QED) is 0.492. The van der Waals surface area contributed by atoms with Gasteiger partial charge in [0.25, 0.3) is 0 Å². The first-order valence-electron chi connectivity index (χ1n) is 7.59. The Hall–Kier alpha value is -2.92. The normalized spacial score (nSPS) is 11.0. The van der Waals surface area contributed by atoms with Crippen molar-refractivity contribution in [3.05, 3.63) is 72.0 Å². The van der Waals surface area contributed by atoms with E-state index in [9.17, 15) is 4.39 Å². The van der Waals surface area contributed by atoms with E-state index in [1.807, 2.05) is 35.0 Å². The van der Waals surface area contributed by atoms with E-state index in [0.717, 1.165) is 28.0 Å². The Kier molecular flexibility index (Phi) is 3.86. The highest BCUT2D eigenvalue weighted by atomic mass is 35.5. The Morgan fingerprint density at radius 2 is 1.72 bits per heavy atom.